The minimum atomic E-state index is -1.44. The van der Waals surface area contributed by atoms with E-state index in [4.69, 9.17) is 23.7 Å². The number of fused-ring (bicyclic) bond motifs is 1. The van der Waals surface area contributed by atoms with E-state index in [1.54, 1.807) is 12.1 Å². The first-order valence-electron chi connectivity index (χ1n) is 13.8. The number of carbonyl (C=O) groups excluding carboxylic acids is 5. The van der Waals surface area contributed by atoms with Crippen molar-refractivity contribution in [2.75, 3.05) is 0 Å². The molecule has 0 amide bonds. The van der Waals surface area contributed by atoms with Gasteiger partial charge in [-0.1, -0.05) is 35.4 Å². The summed E-state index contributed by atoms with van der Waals surface area (Å²) in [5, 5.41) is 0. The van der Waals surface area contributed by atoms with Gasteiger partial charge in [-0.2, -0.15) is 0 Å². The van der Waals surface area contributed by atoms with Crippen LogP contribution in [0.15, 0.2) is 53.6 Å². The second-order valence-electron chi connectivity index (χ2n) is 10.4. The summed E-state index contributed by atoms with van der Waals surface area (Å²) in [5.41, 5.74) is 2.85. The highest BCUT2D eigenvalue weighted by molar-refractivity contribution is 6.07. The number of Topliss-reactive ketones (excluding diaryl/α,β-unsaturated/α-hetero) is 1. The van der Waals surface area contributed by atoms with Gasteiger partial charge in [-0.3, -0.25) is 24.0 Å². The van der Waals surface area contributed by atoms with Gasteiger partial charge in [0.2, 0.25) is 11.9 Å². The van der Waals surface area contributed by atoms with Gasteiger partial charge in [0.1, 0.15) is 22.8 Å². The Morgan fingerprint density at radius 3 is 2.00 bits per heavy atom. The van der Waals surface area contributed by atoms with Crippen molar-refractivity contribution >= 4 is 29.7 Å². The predicted octanol–water partition coefficient (Wildman–Crippen LogP) is 5.95. The average molecular weight is 593 g/mol. The lowest BCUT2D eigenvalue weighted by Gasteiger charge is -2.33. The molecule has 1 aliphatic heterocycles. The quantitative estimate of drug-likeness (QED) is 0.185. The Hall–Kier alpha value is -4.73. The number of ether oxygens (including phenoxy) is 5. The molecule has 3 rings (SSSR count). The average Bonchev–Trinajstić information content (AvgIpc) is 2.88. The molecule has 0 aromatic heterocycles. The van der Waals surface area contributed by atoms with Crippen LogP contribution in [0, 0.1) is 0 Å². The molecule has 0 spiro atoms. The van der Waals surface area contributed by atoms with Gasteiger partial charge in [-0.25, -0.2) is 0 Å². The molecule has 43 heavy (non-hydrogen) atoms. The minimum Gasteiger partial charge on any atom is -0.480 e. The first-order chi connectivity index (χ1) is 20.3. The summed E-state index contributed by atoms with van der Waals surface area (Å²) in [6.07, 6.45) is 3.26. The molecule has 2 aromatic carbocycles. The molecule has 0 fully saturated rings. The Labute approximate surface area is 250 Å². The van der Waals surface area contributed by atoms with E-state index in [1.165, 1.54) is 44.5 Å². The van der Waals surface area contributed by atoms with E-state index in [0.29, 0.717) is 5.56 Å². The maximum Gasteiger partial charge on any atom is 0.308 e. The van der Waals surface area contributed by atoms with E-state index in [0.717, 1.165) is 25.3 Å². The van der Waals surface area contributed by atoms with Gasteiger partial charge in [-0.15, -0.1) is 0 Å². The third kappa shape index (κ3) is 8.88. The number of allylic oxidation sites excluding steroid dienone is 4. The van der Waals surface area contributed by atoms with E-state index in [1.807, 2.05) is 26.8 Å². The molecule has 0 saturated heterocycles. The van der Waals surface area contributed by atoms with Crippen LogP contribution in [0.3, 0.4) is 0 Å². The van der Waals surface area contributed by atoms with Crippen molar-refractivity contribution in [1.29, 1.82) is 0 Å². The number of carbonyl (C=O) groups is 5. The molecule has 0 N–H and O–H groups in total. The van der Waals surface area contributed by atoms with Crippen LogP contribution in [-0.4, -0.2) is 35.8 Å². The van der Waals surface area contributed by atoms with Gasteiger partial charge in [-0.05, 0) is 57.7 Å². The highest BCUT2D eigenvalue weighted by atomic mass is 16.6. The molecule has 0 radical (unpaired) electrons. The molecular weight excluding hydrogens is 556 g/mol. The maximum atomic E-state index is 14.0. The summed E-state index contributed by atoms with van der Waals surface area (Å²) >= 11 is 0. The van der Waals surface area contributed by atoms with E-state index in [9.17, 15) is 24.0 Å². The number of hydrogen-bond acceptors (Lipinski definition) is 10. The number of ketones is 1. The molecule has 228 valence electrons. The first-order valence-corrected chi connectivity index (χ1v) is 13.8. The van der Waals surface area contributed by atoms with E-state index >= 15 is 0 Å². The zero-order chi connectivity index (χ0) is 31.8. The fourth-order valence-corrected chi connectivity index (χ4v) is 4.55. The number of benzene rings is 2. The van der Waals surface area contributed by atoms with E-state index in [-0.39, 0.29) is 40.5 Å². The zero-order valence-electron chi connectivity index (χ0n) is 25.4. The number of hydrogen-bond donors (Lipinski definition) is 0. The van der Waals surface area contributed by atoms with Gasteiger partial charge >= 0.3 is 23.9 Å². The van der Waals surface area contributed by atoms with Crippen molar-refractivity contribution in [3.05, 3.63) is 70.3 Å². The van der Waals surface area contributed by atoms with Crippen LogP contribution in [0.4, 0.5) is 0 Å². The molecule has 0 unspecified atom stereocenters. The lowest BCUT2D eigenvalue weighted by molar-refractivity contribution is -0.149. The Bertz CT molecular complexity index is 1480. The van der Waals surface area contributed by atoms with Crippen molar-refractivity contribution in [3.63, 3.8) is 0 Å². The minimum absolute atomic E-state index is 0.0250. The maximum absolute atomic E-state index is 14.0. The molecule has 0 aliphatic carbocycles. The summed E-state index contributed by atoms with van der Waals surface area (Å²) in [7, 11) is 0. The highest BCUT2D eigenvalue weighted by Gasteiger charge is 2.44. The second-order valence-corrected chi connectivity index (χ2v) is 10.4. The summed E-state index contributed by atoms with van der Waals surface area (Å²) in [6.45, 7) is 10.8. The van der Waals surface area contributed by atoms with Crippen LogP contribution in [0.2, 0.25) is 0 Å². The Kier molecular flexibility index (Phi) is 11.0. The highest BCUT2D eigenvalue weighted by Crippen LogP contribution is 2.47. The SMILES string of the molecule is CC(=O)Oc1ccc([C@H]2Oc3cc(OC(C)=O)c(C/C=C(\C)CCC=C(C)C)c(OC(C)=O)c3C(=O)[C@@H]2OC(C)=O)cc1. The summed E-state index contributed by atoms with van der Waals surface area (Å²) in [4.78, 5) is 61.8. The zero-order valence-corrected chi connectivity index (χ0v) is 25.4. The normalized spacial score (nSPS) is 15.9. The standard InChI is InChI=1S/C33H36O10/c1-18(2)9-8-10-19(3)11-16-26-27(40-21(5)35)17-28-29(32(26)41-22(6)36)30(38)33(42-23(7)37)31(43-28)24-12-14-25(15-13-24)39-20(4)34/h9,11-15,17,31,33H,8,10,16H2,1-7H3/b19-11+/t31-,33+/m1/s1. The fraction of sp³-hybridized carbons (Fsp3) is 0.364. The second kappa shape index (κ2) is 14.4. The van der Waals surface area contributed by atoms with Crippen LogP contribution in [0.1, 0.15) is 88.9 Å². The molecule has 0 bridgehead atoms. The Morgan fingerprint density at radius 2 is 1.44 bits per heavy atom. The molecule has 1 aliphatic rings. The van der Waals surface area contributed by atoms with Crippen LogP contribution in [0.5, 0.6) is 23.0 Å². The Balaban J connectivity index is 2.17. The van der Waals surface area contributed by atoms with Gasteiger partial charge in [0.05, 0.1) is 0 Å². The van der Waals surface area contributed by atoms with Crippen LogP contribution in [0.25, 0.3) is 0 Å². The molecular formula is C33H36O10. The van der Waals surface area contributed by atoms with Gasteiger partial charge in [0.15, 0.2) is 11.9 Å². The predicted molar refractivity (Wildman–Crippen MR) is 156 cm³/mol. The van der Waals surface area contributed by atoms with E-state index in [2.05, 4.69) is 6.08 Å². The van der Waals surface area contributed by atoms with Crippen LogP contribution in [-0.2, 0) is 30.3 Å². The summed E-state index contributed by atoms with van der Waals surface area (Å²) in [6, 6.07) is 7.54. The fourth-order valence-electron chi connectivity index (χ4n) is 4.55. The first kappa shape index (κ1) is 32.8. The van der Waals surface area contributed by atoms with Crippen molar-refractivity contribution in [2.24, 2.45) is 0 Å². The van der Waals surface area contributed by atoms with Crippen molar-refractivity contribution in [3.8, 4) is 23.0 Å². The van der Waals surface area contributed by atoms with Gasteiger partial charge in [0.25, 0.3) is 0 Å². The Morgan fingerprint density at radius 1 is 0.814 bits per heavy atom. The molecule has 2 aromatic rings. The molecule has 10 heteroatoms. The van der Waals surface area contributed by atoms with Crippen molar-refractivity contribution in [1.82, 2.24) is 0 Å². The third-order valence-corrected chi connectivity index (χ3v) is 6.35. The molecule has 2 atom stereocenters. The van der Waals surface area contributed by atoms with Crippen molar-refractivity contribution in [2.45, 2.75) is 79.9 Å². The largest absolute Gasteiger partial charge is 0.480 e. The molecule has 1 heterocycles. The molecule has 10 nitrogen and oxygen atoms in total. The van der Waals surface area contributed by atoms with Crippen LogP contribution < -0.4 is 18.9 Å². The number of rotatable bonds is 10. The van der Waals surface area contributed by atoms with Crippen molar-refractivity contribution < 1.29 is 47.7 Å². The third-order valence-electron chi connectivity index (χ3n) is 6.35. The van der Waals surface area contributed by atoms with E-state index < -0.39 is 41.9 Å². The van der Waals surface area contributed by atoms with Crippen LogP contribution >= 0.6 is 0 Å². The summed E-state index contributed by atoms with van der Waals surface area (Å²) < 4.78 is 27.8. The molecule has 0 saturated carbocycles. The monoisotopic (exact) mass is 592 g/mol. The smallest absolute Gasteiger partial charge is 0.308 e. The van der Waals surface area contributed by atoms with Gasteiger partial charge < -0.3 is 23.7 Å². The lowest BCUT2D eigenvalue weighted by Crippen LogP contribution is -2.40. The lowest BCUT2D eigenvalue weighted by atomic mass is 9.90. The van der Waals surface area contributed by atoms with Gasteiger partial charge in [0, 0.05) is 39.3 Å². The number of esters is 4. The summed E-state index contributed by atoms with van der Waals surface area (Å²) in [5.74, 6) is -3.08. The topological polar surface area (TPSA) is 132 Å².